The molecular weight excluding hydrogens is 166 g/mol. The van der Waals surface area contributed by atoms with Crippen molar-refractivity contribution in [3.63, 3.8) is 0 Å². The van der Waals surface area contributed by atoms with Crippen molar-refractivity contribution in [3.05, 3.63) is 0 Å². The number of nitrogens with one attached hydrogen (secondary N) is 1. The van der Waals surface area contributed by atoms with Gasteiger partial charge < -0.3 is 15.2 Å². The minimum Gasteiger partial charge on any atom is -0.530 e. The van der Waals surface area contributed by atoms with E-state index < -0.39 is 6.09 Å². The van der Waals surface area contributed by atoms with Gasteiger partial charge in [0.05, 0.1) is 0 Å². The van der Waals surface area contributed by atoms with Crippen molar-refractivity contribution in [2.45, 2.75) is 38.1 Å². The highest BCUT2D eigenvalue weighted by molar-refractivity contribution is 5.62. The minimum absolute atomic E-state index is 0.0824. The zero-order chi connectivity index (χ0) is 9.68. The molecule has 0 heterocycles. The van der Waals surface area contributed by atoms with Crippen LogP contribution in [0.15, 0.2) is 0 Å². The van der Waals surface area contributed by atoms with E-state index in [0.717, 1.165) is 32.1 Å². The van der Waals surface area contributed by atoms with Gasteiger partial charge in [-0.1, -0.05) is 0 Å². The summed E-state index contributed by atoms with van der Waals surface area (Å²) >= 11 is 0. The van der Waals surface area contributed by atoms with Crippen LogP contribution < -0.4 is 10.4 Å². The van der Waals surface area contributed by atoms with Gasteiger partial charge in [-0.05, 0) is 31.6 Å². The van der Waals surface area contributed by atoms with E-state index in [-0.39, 0.29) is 6.04 Å². The number of carbonyl (C=O) groups is 1. The van der Waals surface area contributed by atoms with Crippen molar-refractivity contribution < 1.29 is 9.90 Å². The molecule has 1 aliphatic carbocycles. The average molecular weight is 180 g/mol. The van der Waals surface area contributed by atoms with E-state index in [4.69, 9.17) is 6.42 Å². The molecule has 0 unspecified atom stereocenters. The van der Waals surface area contributed by atoms with E-state index in [1.807, 2.05) is 0 Å². The van der Waals surface area contributed by atoms with Crippen LogP contribution in [0.2, 0.25) is 0 Å². The second-order valence-corrected chi connectivity index (χ2v) is 3.56. The number of hydrogen-bond donors (Lipinski definition) is 1. The van der Waals surface area contributed by atoms with Crippen LogP contribution in [-0.4, -0.2) is 12.1 Å². The molecule has 0 aromatic rings. The van der Waals surface area contributed by atoms with Gasteiger partial charge in [0.15, 0.2) is 0 Å². The fourth-order valence-electron chi connectivity index (χ4n) is 1.84. The number of amides is 1. The van der Waals surface area contributed by atoms with E-state index in [0.29, 0.717) is 5.92 Å². The molecule has 0 saturated heterocycles. The Bertz CT molecular complexity index is 211. The summed E-state index contributed by atoms with van der Waals surface area (Å²) in [6, 6.07) is 0.0824. The highest BCUT2D eigenvalue weighted by Crippen LogP contribution is 2.26. The molecule has 0 spiro atoms. The summed E-state index contributed by atoms with van der Waals surface area (Å²) in [5, 5.41) is 12.6. The molecule has 0 atom stereocenters. The third kappa shape index (κ3) is 3.37. The van der Waals surface area contributed by atoms with Gasteiger partial charge in [0, 0.05) is 12.5 Å². The molecule has 1 saturated carbocycles. The van der Waals surface area contributed by atoms with Gasteiger partial charge in [-0.25, -0.2) is 0 Å². The second-order valence-electron chi connectivity index (χ2n) is 3.56. The Balaban J connectivity index is 2.23. The quantitative estimate of drug-likeness (QED) is 0.629. The van der Waals surface area contributed by atoms with Crippen molar-refractivity contribution in [2.75, 3.05) is 0 Å². The monoisotopic (exact) mass is 180 g/mol. The molecule has 3 nitrogen and oxygen atoms in total. The smallest absolute Gasteiger partial charge is 0.134 e. The molecule has 1 aliphatic rings. The third-order valence-corrected chi connectivity index (χ3v) is 2.58. The van der Waals surface area contributed by atoms with Gasteiger partial charge in [0.25, 0.3) is 0 Å². The number of carbonyl (C=O) groups excluding carboxylic acids is 1. The molecule has 1 rings (SSSR count). The SMILES string of the molecule is C#CCC1CCC(NC(=O)[O-])CC1. The van der Waals surface area contributed by atoms with E-state index in [1.54, 1.807) is 0 Å². The van der Waals surface area contributed by atoms with Crippen LogP contribution in [0.4, 0.5) is 4.79 Å². The van der Waals surface area contributed by atoms with Gasteiger partial charge >= 0.3 is 0 Å². The normalized spacial score (nSPS) is 27.6. The zero-order valence-electron chi connectivity index (χ0n) is 7.58. The molecule has 3 heteroatoms. The molecule has 13 heavy (non-hydrogen) atoms. The minimum atomic E-state index is -1.17. The Morgan fingerprint density at radius 2 is 2.08 bits per heavy atom. The number of terminal acetylenes is 1. The first kappa shape index (κ1) is 9.91. The van der Waals surface area contributed by atoms with Gasteiger partial charge in [0.1, 0.15) is 6.09 Å². The molecule has 72 valence electrons. The van der Waals surface area contributed by atoms with Gasteiger partial charge in [-0.3, -0.25) is 0 Å². The maximum Gasteiger partial charge on any atom is 0.134 e. The lowest BCUT2D eigenvalue weighted by Crippen LogP contribution is -2.44. The first-order valence-corrected chi connectivity index (χ1v) is 4.63. The van der Waals surface area contributed by atoms with E-state index in [2.05, 4.69) is 11.2 Å². The van der Waals surface area contributed by atoms with Crippen molar-refractivity contribution in [3.8, 4) is 12.3 Å². The van der Waals surface area contributed by atoms with Crippen LogP contribution in [-0.2, 0) is 0 Å². The summed E-state index contributed by atoms with van der Waals surface area (Å²) in [5.41, 5.74) is 0. The molecular formula is C10H14NO2-. The summed E-state index contributed by atoms with van der Waals surface area (Å²) in [4.78, 5) is 10.2. The summed E-state index contributed by atoms with van der Waals surface area (Å²) in [7, 11) is 0. The molecule has 1 fully saturated rings. The predicted octanol–water partition coefficient (Wildman–Crippen LogP) is 0.501. The van der Waals surface area contributed by atoms with Crippen LogP contribution in [0.3, 0.4) is 0 Å². The lowest BCUT2D eigenvalue weighted by Gasteiger charge is -2.28. The summed E-state index contributed by atoms with van der Waals surface area (Å²) in [5.74, 6) is 3.23. The van der Waals surface area contributed by atoms with E-state index in [9.17, 15) is 9.90 Å². The van der Waals surface area contributed by atoms with Crippen LogP contribution >= 0.6 is 0 Å². The maximum atomic E-state index is 10.2. The summed E-state index contributed by atoms with van der Waals surface area (Å²) in [6.45, 7) is 0. The van der Waals surface area contributed by atoms with Crippen molar-refractivity contribution in [1.82, 2.24) is 5.32 Å². The Morgan fingerprint density at radius 3 is 2.54 bits per heavy atom. The molecule has 0 bridgehead atoms. The molecule has 0 aromatic carbocycles. The molecule has 0 radical (unpaired) electrons. The van der Waals surface area contributed by atoms with Crippen molar-refractivity contribution >= 4 is 6.09 Å². The first-order chi connectivity index (χ1) is 6.22. The lowest BCUT2D eigenvalue weighted by molar-refractivity contribution is -0.251. The summed E-state index contributed by atoms with van der Waals surface area (Å²) in [6.07, 6.45) is 8.68. The number of rotatable bonds is 2. The fraction of sp³-hybridized carbons (Fsp3) is 0.700. The largest absolute Gasteiger partial charge is 0.530 e. The first-order valence-electron chi connectivity index (χ1n) is 4.63. The Hall–Kier alpha value is -1.17. The Morgan fingerprint density at radius 1 is 1.46 bits per heavy atom. The van der Waals surface area contributed by atoms with Crippen LogP contribution in [0.5, 0.6) is 0 Å². The van der Waals surface area contributed by atoms with Crippen LogP contribution in [0.1, 0.15) is 32.1 Å². The van der Waals surface area contributed by atoms with Crippen molar-refractivity contribution in [1.29, 1.82) is 0 Å². The highest BCUT2D eigenvalue weighted by Gasteiger charge is 2.19. The molecule has 1 N–H and O–H groups in total. The van der Waals surface area contributed by atoms with Crippen LogP contribution in [0, 0.1) is 18.3 Å². The number of hydrogen-bond acceptors (Lipinski definition) is 2. The second kappa shape index (κ2) is 4.76. The Labute approximate surface area is 78.5 Å². The third-order valence-electron chi connectivity index (χ3n) is 2.58. The van der Waals surface area contributed by atoms with Crippen molar-refractivity contribution in [2.24, 2.45) is 5.92 Å². The standard InChI is InChI=1S/C10H15NO2/c1-2-3-8-4-6-9(7-5-8)11-10(12)13/h1,8-9,11H,3-7H2,(H,12,13)/p-1. The van der Waals surface area contributed by atoms with E-state index >= 15 is 0 Å². The van der Waals surface area contributed by atoms with Gasteiger partial charge in [-0.15, -0.1) is 12.3 Å². The summed E-state index contributed by atoms with van der Waals surface area (Å²) < 4.78 is 0. The zero-order valence-corrected chi connectivity index (χ0v) is 7.58. The van der Waals surface area contributed by atoms with Gasteiger partial charge in [0.2, 0.25) is 0 Å². The molecule has 1 amide bonds. The lowest BCUT2D eigenvalue weighted by atomic mass is 9.84. The average Bonchev–Trinajstić information content (AvgIpc) is 2.08. The Kier molecular flexibility index (Phi) is 3.63. The molecule has 0 aromatic heterocycles. The highest BCUT2D eigenvalue weighted by atomic mass is 16.4. The molecule has 0 aliphatic heterocycles. The maximum absolute atomic E-state index is 10.2. The number of carboxylic acid groups (broad SMARTS) is 1. The predicted molar refractivity (Wildman–Crippen MR) is 47.7 cm³/mol. The fourth-order valence-corrected chi connectivity index (χ4v) is 1.84. The topological polar surface area (TPSA) is 52.2 Å². The van der Waals surface area contributed by atoms with E-state index in [1.165, 1.54) is 0 Å². The van der Waals surface area contributed by atoms with Gasteiger partial charge in [-0.2, -0.15) is 0 Å². The van der Waals surface area contributed by atoms with Crippen LogP contribution in [0.25, 0.3) is 0 Å².